The van der Waals surface area contributed by atoms with Crippen molar-refractivity contribution in [2.45, 2.75) is 37.8 Å². The summed E-state index contributed by atoms with van der Waals surface area (Å²) in [4.78, 5) is 21.6. The van der Waals surface area contributed by atoms with Crippen LogP contribution < -0.4 is 5.32 Å². The van der Waals surface area contributed by atoms with Gasteiger partial charge in [0.05, 0.1) is 17.1 Å². The number of carbonyl (C=O) groups is 1. The summed E-state index contributed by atoms with van der Waals surface area (Å²) in [5.41, 5.74) is 4.16. The fourth-order valence-electron chi connectivity index (χ4n) is 4.97. The van der Waals surface area contributed by atoms with E-state index in [2.05, 4.69) is 52.2 Å². The number of nitrogens with zero attached hydrogens (tertiary/aromatic N) is 4. The van der Waals surface area contributed by atoms with Crippen molar-refractivity contribution in [2.75, 3.05) is 38.0 Å². The first-order valence-electron chi connectivity index (χ1n) is 12.0. The summed E-state index contributed by atoms with van der Waals surface area (Å²) >= 11 is 0. The molecule has 0 aliphatic carbocycles. The number of anilines is 1. The van der Waals surface area contributed by atoms with E-state index in [1.54, 1.807) is 4.90 Å². The van der Waals surface area contributed by atoms with Gasteiger partial charge in [0.1, 0.15) is 0 Å². The normalized spacial score (nSPS) is 19.9. The highest BCUT2D eigenvalue weighted by Gasteiger charge is 2.25. The Morgan fingerprint density at radius 3 is 2.52 bits per heavy atom. The van der Waals surface area contributed by atoms with E-state index >= 15 is 0 Å². The number of β-amino-alcohol motifs (C(OH)–C–C–N with tert-alkyl or cyclic N) is 1. The Hall–Kier alpha value is -2.90. The molecule has 1 atom stereocenters. The Morgan fingerprint density at radius 1 is 1.06 bits per heavy atom. The highest BCUT2D eigenvalue weighted by atomic mass is 16.3. The van der Waals surface area contributed by atoms with Gasteiger partial charge < -0.3 is 24.8 Å². The third-order valence-electron chi connectivity index (χ3n) is 7.08. The van der Waals surface area contributed by atoms with Crippen molar-refractivity contribution in [3.05, 3.63) is 59.7 Å². The molecule has 0 radical (unpaired) electrons. The number of nitrogens with one attached hydrogen (secondary N) is 1. The first-order valence-corrected chi connectivity index (χ1v) is 12.0. The molecule has 33 heavy (non-hydrogen) atoms. The molecule has 174 valence electrons. The lowest BCUT2D eigenvalue weighted by atomic mass is 10.0. The van der Waals surface area contributed by atoms with Gasteiger partial charge in [-0.3, -0.25) is 4.79 Å². The third kappa shape index (κ3) is 4.89. The molecule has 1 amide bonds. The van der Waals surface area contributed by atoms with Gasteiger partial charge in [-0.1, -0.05) is 24.3 Å². The number of aliphatic hydroxyl groups excluding tert-OH is 1. The first kappa shape index (κ1) is 21.9. The number of aryl methyl sites for hydroxylation is 1. The predicted molar refractivity (Wildman–Crippen MR) is 130 cm³/mol. The van der Waals surface area contributed by atoms with Gasteiger partial charge in [0.2, 0.25) is 5.95 Å². The standard InChI is InChI=1S/C26H33N5O2/c1-29-24-5-3-2-4-23(24)28-26(29)27-21-11-15-30(16-12-21)14-10-19-6-8-20(9-7-19)25(33)31-17-13-22(32)18-31/h2-9,21-22,32H,10-18H2,1H3,(H,27,28). The van der Waals surface area contributed by atoms with Crippen molar-refractivity contribution in [3.63, 3.8) is 0 Å². The summed E-state index contributed by atoms with van der Waals surface area (Å²) in [7, 11) is 2.07. The summed E-state index contributed by atoms with van der Waals surface area (Å²) < 4.78 is 2.14. The second kappa shape index (κ2) is 9.53. The van der Waals surface area contributed by atoms with Crippen LogP contribution in [0.15, 0.2) is 48.5 Å². The molecule has 7 heteroatoms. The molecule has 0 bridgehead atoms. The van der Waals surface area contributed by atoms with Crippen LogP contribution in [0.2, 0.25) is 0 Å². The number of amides is 1. The number of piperidine rings is 1. The molecule has 0 spiro atoms. The first-order chi connectivity index (χ1) is 16.1. The Kier molecular flexibility index (Phi) is 6.33. The van der Waals surface area contributed by atoms with E-state index in [-0.39, 0.29) is 12.0 Å². The number of aromatic nitrogens is 2. The van der Waals surface area contributed by atoms with Crippen LogP contribution in [0.3, 0.4) is 0 Å². The van der Waals surface area contributed by atoms with Gasteiger partial charge in [0.25, 0.3) is 5.91 Å². The molecular weight excluding hydrogens is 414 g/mol. The van der Waals surface area contributed by atoms with Crippen LogP contribution in [0.1, 0.15) is 35.2 Å². The SMILES string of the molecule is Cn1c(NC2CCN(CCc3ccc(C(=O)N4CCC(O)C4)cc3)CC2)nc2ccccc21. The molecule has 2 aliphatic heterocycles. The van der Waals surface area contributed by atoms with Crippen LogP contribution in [0.5, 0.6) is 0 Å². The van der Waals surface area contributed by atoms with Crippen molar-refractivity contribution in [2.24, 2.45) is 7.05 Å². The van der Waals surface area contributed by atoms with Gasteiger partial charge in [0.15, 0.2) is 0 Å². The number of likely N-dealkylation sites (tertiary alicyclic amines) is 2. The molecule has 2 aromatic carbocycles. The average molecular weight is 448 g/mol. The largest absolute Gasteiger partial charge is 0.391 e. The molecule has 0 saturated carbocycles. The summed E-state index contributed by atoms with van der Waals surface area (Å²) in [6.45, 7) is 4.28. The molecule has 3 aromatic rings. The maximum absolute atomic E-state index is 12.5. The number of imidazole rings is 1. The van der Waals surface area contributed by atoms with E-state index in [9.17, 15) is 9.90 Å². The molecule has 2 saturated heterocycles. The van der Waals surface area contributed by atoms with Crippen LogP contribution in [0.4, 0.5) is 5.95 Å². The van der Waals surface area contributed by atoms with Gasteiger partial charge in [-0.15, -0.1) is 0 Å². The fraction of sp³-hybridized carbons (Fsp3) is 0.462. The quantitative estimate of drug-likeness (QED) is 0.608. The number of para-hydroxylation sites is 2. The van der Waals surface area contributed by atoms with Gasteiger partial charge in [-0.2, -0.15) is 0 Å². The number of hydrogen-bond acceptors (Lipinski definition) is 5. The van der Waals surface area contributed by atoms with Crippen LogP contribution in [-0.2, 0) is 13.5 Å². The van der Waals surface area contributed by atoms with Crippen LogP contribution in [0.25, 0.3) is 11.0 Å². The number of benzene rings is 2. The van der Waals surface area contributed by atoms with Crippen molar-refractivity contribution >= 4 is 22.9 Å². The number of aliphatic hydroxyl groups is 1. The van der Waals surface area contributed by atoms with Crippen molar-refractivity contribution < 1.29 is 9.90 Å². The Bertz CT molecular complexity index is 1100. The van der Waals surface area contributed by atoms with E-state index in [0.29, 0.717) is 31.1 Å². The molecular formula is C26H33N5O2. The monoisotopic (exact) mass is 447 g/mol. The molecule has 1 unspecified atom stereocenters. The van der Waals surface area contributed by atoms with Gasteiger partial charge in [-0.25, -0.2) is 4.98 Å². The minimum atomic E-state index is -0.379. The fourth-order valence-corrected chi connectivity index (χ4v) is 4.97. The second-order valence-corrected chi connectivity index (χ2v) is 9.38. The molecule has 1 aromatic heterocycles. The van der Waals surface area contributed by atoms with Crippen LogP contribution in [-0.4, -0.2) is 75.2 Å². The average Bonchev–Trinajstić information content (AvgIpc) is 3.42. The van der Waals surface area contributed by atoms with E-state index in [0.717, 1.165) is 55.9 Å². The molecule has 2 fully saturated rings. The highest BCUT2D eigenvalue weighted by molar-refractivity contribution is 5.94. The van der Waals surface area contributed by atoms with E-state index in [1.807, 2.05) is 18.2 Å². The zero-order valence-electron chi connectivity index (χ0n) is 19.3. The van der Waals surface area contributed by atoms with Crippen LogP contribution >= 0.6 is 0 Å². The summed E-state index contributed by atoms with van der Waals surface area (Å²) in [6, 6.07) is 16.7. The number of rotatable bonds is 6. The lowest BCUT2D eigenvalue weighted by molar-refractivity contribution is 0.0765. The molecule has 3 heterocycles. The molecule has 5 rings (SSSR count). The lowest BCUT2D eigenvalue weighted by Crippen LogP contribution is -2.40. The van der Waals surface area contributed by atoms with E-state index in [4.69, 9.17) is 4.98 Å². The Morgan fingerprint density at radius 2 is 1.82 bits per heavy atom. The molecule has 7 nitrogen and oxygen atoms in total. The minimum Gasteiger partial charge on any atom is -0.391 e. The van der Waals surface area contributed by atoms with E-state index in [1.165, 1.54) is 5.56 Å². The van der Waals surface area contributed by atoms with Crippen LogP contribution in [0, 0.1) is 0 Å². The smallest absolute Gasteiger partial charge is 0.253 e. The zero-order valence-corrected chi connectivity index (χ0v) is 19.3. The summed E-state index contributed by atoms with van der Waals surface area (Å²) in [6.07, 6.45) is 3.50. The zero-order chi connectivity index (χ0) is 22.8. The Labute approximate surface area is 195 Å². The van der Waals surface area contributed by atoms with Gasteiger partial charge >= 0.3 is 0 Å². The number of hydrogen-bond donors (Lipinski definition) is 2. The number of carbonyl (C=O) groups excluding carboxylic acids is 1. The molecule has 2 aliphatic rings. The highest BCUT2D eigenvalue weighted by Crippen LogP contribution is 2.21. The topological polar surface area (TPSA) is 73.6 Å². The van der Waals surface area contributed by atoms with E-state index < -0.39 is 0 Å². The minimum absolute atomic E-state index is 0.0216. The predicted octanol–water partition coefficient (Wildman–Crippen LogP) is 2.90. The number of fused-ring (bicyclic) bond motifs is 1. The van der Waals surface area contributed by atoms with Crippen molar-refractivity contribution in [1.82, 2.24) is 19.4 Å². The maximum Gasteiger partial charge on any atom is 0.253 e. The second-order valence-electron chi connectivity index (χ2n) is 9.38. The van der Waals surface area contributed by atoms with Crippen molar-refractivity contribution in [1.29, 1.82) is 0 Å². The van der Waals surface area contributed by atoms with Crippen molar-refractivity contribution in [3.8, 4) is 0 Å². The summed E-state index contributed by atoms with van der Waals surface area (Å²) in [5, 5.41) is 13.3. The van der Waals surface area contributed by atoms with Gasteiger partial charge in [-0.05, 0) is 55.5 Å². The summed E-state index contributed by atoms with van der Waals surface area (Å²) in [5.74, 6) is 0.973. The molecule has 2 N–H and O–H groups in total. The maximum atomic E-state index is 12.5. The lowest BCUT2D eigenvalue weighted by Gasteiger charge is -2.32. The third-order valence-corrected chi connectivity index (χ3v) is 7.08. The Balaban J connectivity index is 1.08. The van der Waals surface area contributed by atoms with Gasteiger partial charge in [0, 0.05) is 51.4 Å².